The van der Waals surface area contributed by atoms with Gasteiger partial charge in [-0.05, 0) is 12.0 Å². The highest BCUT2D eigenvalue weighted by Gasteiger charge is 2.37. The molecule has 3 rings (SSSR count). The zero-order valence-corrected chi connectivity index (χ0v) is 15.2. The molecule has 27 heavy (non-hydrogen) atoms. The zero-order chi connectivity index (χ0) is 19.4. The van der Waals surface area contributed by atoms with E-state index in [0.29, 0.717) is 5.82 Å². The molecule has 0 radical (unpaired) electrons. The SMILES string of the molecule is CC(C)c1nc(NC(=O)CC[C@@H]2NC(=O)N(Cc3ccccc3)C2=O)n[nH]1. The van der Waals surface area contributed by atoms with Crippen molar-refractivity contribution in [1.29, 1.82) is 0 Å². The van der Waals surface area contributed by atoms with Crippen molar-refractivity contribution in [2.45, 2.75) is 45.2 Å². The maximum atomic E-state index is 12.5. The molecule has 1 aliphatic heterocycles. The van der Waals surface area contributed by atoms with Gasteiger partial charge in [0.25, 0.3) is 5.91 Å². The normalized spacial score (nSPS) is 16.7. The van der Waals surface area contributed by atoms with Gasteiger partial charge in [0.05, 0.1) is 6.54 Å². The molecule has 4 amide bonds. The van der Waals surface area contributed by atoms with Gasteiger partial charge in [0.15, 0.2) is 0 Å². The molecule has 0 spiro atoms. The maximum Gasteiger partial charge on any atom is 0.325 e. The van der Waals surface area contributed by atoms with E-state index >= 15 is 0 Å². The number of amides is 4. The van der Waals surface area contributed by atoms with E-state index in [1.165, 1.54) is 4.90 Å². The van der Waals surface area contributed by atoms with Gasteiger partial charge in [-0.1, -0.05) is 44.2 Å². The summed E-state index contributed by atoms with van der Waals surface area (Å²) in [5.41, 5.74) is 0.866. The summed E-state index contributed by atoms with van der Waals surface area (Å²) in [5.74, 6) is 0.422. The summed E-state index contributed by atoms with van der Waals surface area (Å²) >= 11 is 0. The third-order valence-corrected chi connectivity index (χ3v) is 4.25. The third kappa shape index (κ3) is 4.49. The highest BCUT2D eigenvalue weighted by Crippen LogP contribution is 2.16. The van der Waals surface area contributed by atoms with Gasteiger partial charge in [-0.2, -0.15) is 4.98 Å². The Hall–Kier alpha value is -3.23. The number of carbonyl (C=O) groups excluding carboxylic acids is 3. The lowest BCUT2D eigenvalue weighted by molar-refractivity contribution is -0.128. The minimum Gasteiger partial charge on any atom is -0.326 e. The zero-order valence-electron chi connectivity index (χ0n) is 15.2. The Balaban J connectivity index is 1.51. The minimum atomic E-state index is -0.703. The molecule has 1 aromatic carbocycles. The van der Waals surface area contributed by atoms with Crippen LogP contribution in [0.5, 0.6) is 0 Å². The first-order valence-electron chi connectivity index (χ1n) is 8.82. The van der Waals surface area contributed by atoms with Crippen molar-refractivity contribution >= 4 is 23.8 Å². The number of nitrogens with zero attached hydrogens (tertiary/aromatic N) is 3. The molecule has 0 bridgehead atoms. The van der Waals surface area contributed by atoms with Gasteiger partial charge < -0.3 is 5.32 Å². The van der Waals surface area contributed by atoms with Crippen LogP contribution in [-0.2, 0) is 16.1 Å². The van der Waals surface area contributed by atoms with Crippen molar-refractivity contribution in [2.24, 2.45) is 0 Å². The summed E-state index contributed by atoms with van der Waals surface area (Å²) in [7, 11) is 0. The summed E-state index contributed by atoms with van der Waals surface area (Å²) < 4.78 is 0. The number of rotatable bonds is 7. The topological polar surface area (TPSA) is 120 Å². The van der Waals surface area contributed by atoms with Gasteiger partial charge in [0.1, 0.15) is 11.9 Å². The smallest absolute Gasteiger partial charge is 0.325 e. The fraction of sp³-hybridized carbons (Fsp3) is 0.389. The molecule has 2 aromatic rings. The summed E-state index contributed by atoms with van der Waals surface area (Å²) in [6.45, 7) is 4.13. The van der Waals surface area contributed by atoms with Gasteiger partial charge in [0.2, 0.25) is 11.9 Å². The van der Waals surface area contributed by atoms with E-state index in [-0.39, 0.29) is 43.1 Å². The van der Waals surface area contributed by atoms with Crippen molar-refractivity contribution in [1.82, 2.24) is 25.4 Å². The van der Waals surface area contributed by atoms with E-state index in [4.69, 9.17) is 0 Å². The number of imide groups is 1. The Bertz CT molecular complexity index is 833. The Labute approximate surface area is 156 Å². The van der Waals surface area contributed by atoms with Crippen LogP contribution in [0.2, 0.25) is 0 Å². The Morgan fingerprint density at radius 3 is 2.67 bits per heavy atom. The number of urea groups is 1. The number of hydrogen-bond donors (Lipinski definition) is 3. The van der Waals surface area contributed by atoms with Crippen LogP contribution in [0.15, 0.2) is 30.3 Å². The highest BCUT2D eigenvalue weighted by atomic mass is 16.2. The van der Waals surface area contributed by atoms with Crippen LogP contribution < -0.4 is 10.6 Å². The summed E-state index contributed by atoms with van der Waals surface area (Å²) in [4.78, 5) is 41.9. The number of anilines is 1. The molecule has 0 saturated carbocycles. The van der Waals surface area contributed by atoms with Crippen LogP contribution in [0.4, 0.5) is 10.7 Å². The minimum absolute atomic E-state index is 0.0708. The number of carbonyl (C=O) groups is 3. The first-order valence-corrected chi connectivity index (χ1v) is 8.82. The second kappa shape index (κ2) is 7.98. The number of benzene rings is 1. The molecule has 142 valence electrons. The average Bonchev–Trinajstić information content (AvgIpc) is 3.21. The number of nitrogens with one attached hydrogen (secondary N) is 3. The lowest BCUT2D eigenvalue weighted by Gasteiger charge is -2.12. The van der Waals surface area contributed by atoms with Crippen molar-refractivity contribution in [3.05, 3.63) is 41.7 Å². The predicted molar refractivity (Wildman–Crippen MR) is 97.6 cm³/mol. The van der Waals surface area contributed by atoms with Crippen molar-refractivity contribution in [3.63, 3.8) is 0 Å². The van der Waals surface area contributed by atoms with E-state index in [2.05, 4.69) is 25.8 Å². The van der Waals surface area contributed by atoms with E-state index < -0.39 is 12.1 Å². The van der Waals surface area contributed by atoms with Crippen LogP contribution >= 0.6 is 0 Å². The van der Waals surface area contributed by atoms with Gasteiger partial charge in [0, 0.05) is 12.3 Å². The van der Waals surface area contributed by atoms with E-state index in [0.717, 1.165) is 5.56 Å². The van der Waals surface area contributed by atoms with E-state index in [9.17, 15) is 14.4 Å². The summed E-state index contributed by atoms with van der Waals surface area (Å²) in [6, 6.07) is 8.13. The Kier molecular flexibility index (Phi) is 5.49. The molecule has 0 aliphatic carbocycles. The highest BCUT2D eigenvalue weighted by molar-refractivity contribution is 6.04. The number of aromatic nitrogens is 3. The molecule has 1 atom stereocenters. The maximum absolute atomic E-state index is 12.5. The molecule has 3 N–H and O–H groups in total. The largest absolute Gasteiger partial charge is 0.326 e. The van der Waals surface area contributed by atoms with Crippen molar-refractivity contribution < 1.29 is 14.4 Å². The van der Waals surface area contributed by atoms with E-state index in [1.54, 1.807) is 0 Å². The average molecular weight is 370 g/mol. The molecule has 9 nitrogen and oxygen atoms in total. The van der Waals surface area contributed by atoms with Crippen LogP contribution in [-0.4, -0.2) is 44.0 Å². The molecular formula is C18H22N6O3. The van der Waals surface area contributed by atoms with Gasteiger partial charge in [-0.25, -0.2) is 4.79 Å². The number of hydrogen-bond acceptors (Lipinski definition) is 5. The fourth-order valence-electron chi connectivity index (χ4n) is 2.74. The lowest BCUT2D eigenvalue weighted by atomic mass is 10.1. The van der Waals surface area contributed by atoms with Gasteiger partial charge in [-0.15, -0.1) is 5.10 Å². The Morgan fingerprint density at radius 1 is 1.26 bits per heavy atom. The predicted octanol–water partition coefficient (Wildman–Crippen LogP) is 1.77. The number of aromatic amines is 1. The molecular weight excluding hydrogens is 348 g/mol. The van der Waals surface area contributed by atoms with Crippen LogP contribution in [0.3, 0.4) is 0 Å². The second-order valence-corrected chi connectivity index (χ2v) is 6.70. The van der Waals surface area contributed by atoms with Gasteiger partial charge in [-0.3, -0.25) is 24.9 Å². The molecule has 1 fully saturated rings. The van der Waals surface area contributed by atoms with Crippen LogP contribution in [0.1, 0.15) is 44.0 Å². The molecule has 2 heterocycles. The first-order chi connectivity index (χ1) is 12.9. The Morgan fingerprint density at radius 2 is 2.00 bits per heavy atom. The fourth-order valence-corrected chi connectivity index (χ4v) is 2.74. The first kappa shape index (κ1) is 18.6. The molecule has 1 saturated heterocycles. The molecule has 1 aromatic heterocycles. The summed E-state index contributed by atoms with van der Waals surface area (Å²) in [6.07, 6.45) is 0.282. The standard InChI is InChI=1S/C18H22N6O3/c1-11(2)15-21-17(23-22-15)20-14(25)9-8-13-16(26)24(18(27)19-13)10-12-6-4-3-5-7-12/h3-7,11,13H,8-10H2,1-2H3,(H,19,27)(H2,20,21,22,23,25)/t13-/m0/s1. The van der Waals surface area contributed by atoms with Crippen molar-refractivity contribution in [2.75, 3.05) is 5.32 Å². The van der Waals surface area contributed by atoms with E-state index in [1.807, 2.05) is 44.2 Å². The monoisotopic (exact) mass is 370 g/mol. The van der Waals surface area contributed by atoms with Crippen LogP contribution in [0, 0.1) is 0 Å². The summed E-state index contributed by atoms with van der Waals surface area (Å²) in [5, 5.41) is 11.9. The molecule has 0 unspecified atom stereocenters. The lowest BCUT2D eigenvalue weighted by Crippen LogP contribution is -2.31. The van der Waals surface area contributed by atoms with Gasteiger partial charge >= 0.3 is 6.03 Å². The van der Waals surface area contributed by atoms with Crippen molar-refractivity contribution in [3.8, 4) is 0 Å². The third-order valence-electron chi connectivity index (χ3n) is 4.25. The molecule has 1 aliphatic rings. The van der Waals surface area contributed by atoms with Crippen LogP contribution in [0.25, 0.3) is 0 Å². The molecule has 9 heteroatoms. The second-order valence-electron chi connectivity index (χ2n) is 6.70. The number of H-pyrrole nitrogens is 1. The quantitative estimate of drug-likeness (QED) is 0.642.